The van der Waals surface area contributed by atoms with Crippen LogP contribution in [-0.4, -0.2) is 27.1 Å². The second kappa shape index (κ2) is 9.50. The molecular formula is C25H23F3N2O3S. The van der Waals surface area contributed by atoms with Crippen LogP contribution in [0.3, 0.4) is 0 Å². The zero-order chi connectivity index (χ0) is 24.5. The lowest BCUT2D eigenvalue weighted by molar-refractivity contribution is -0.138. The SMILES string of the molecule is CCc1sc(-c2ccc(C(F)(F)F)cc2)nc1CC(C)Oc1ccc2[nH]cc(CC(=O)O)c2c1. The Hall–Kier alpha value is -3.33. The molecule has 0 amide bonds. The number of aromatic amines is 1. The Bertz CT molecular complexity index is 1310. The molecule has 178 valence electrons. The molecule has 1 atom stereocenters. The van der Waals surface area contributed by atoms with E-state index in [1.165, 1.54) is 23.5 Å². The van der Waals surface area contributed by atoms with Crippen LogP contribution in [0.4, 0.5) is 13.2 Å². The Morgan fingerprint density at radius 1 is 1.21 bits per heavy atom. The number of nitrogens with one attached hydrogen (secondary N) is 1. The molecule has 9 heteroatoms. The Morgan fingerprint density at radius 2 is 1.94 bits per heavy atom. The van der Waals surface area contributed by atoms with Gasteiger partial charge in [0.1, 0.15) is 16.9 Å². The fraction of sp³-hybridized carbons (Fsp3) is 0.280. The van der Waals surface area contributed by atoms with E-state index in [0.717, 1.165) is 40.0 Å². The van der Waals surface area contributed by atoms with Crippen molar-refractivity contribution in [3.05, 3.63) is 70.4 Å². The van der Waals surface area contributed by atoms with Gasteiger partial charge in [0.25, 0.3) is 0 Å². The molecule has 0 aliphatic heterocycles. The summed E-state index contributed by atoms with van der Waals surface area (Å²) in [5.74, 6) is -0.275. The molecular weight excluding hydrogens is 465 g/mol. The maximum absolute atomic E-state index is 12.9. The van der Waals surface area contributed by atoms with E-state index in [1.807, 2.05) is 32.0 Å². The highest BCUT2D eigenvalue weighted by Gasteiger charge is 2.30. The van der Waals surface area contributed by atoms with Gasteiger partial charge in [-0.3, -0.25) is 4.79 Å². The summed E-state index contributed by atoms with van der Waals surface area (Å²) < 4.78 is 44.7. The average Bonchev–Trinajstić information content (AvgIpc) is 3.36. The number of thiazole rings is 1. The zero-order valence-corrected chi connectivity index (χ0v) is 19.4. The molecule has 5 nitrogen and oxygen atoms in total. The van der Waals surface area contributed by atoms with E-state index in [-0.39, 0.29) is 12.5 Å². The molecule has 0 bridgehead atoms. The minimum absolute atomic E-state index is 0.0790. The van der Waals surface area contributed by atoms with Crippen LogP contribution in [0.5, 0.6) is 5.75 Å². The van der Waals surface area contributed by atoms with Gasteiger partial charge < -0.3 is 14.8 Å². The molecule has 0 saturated carbocycles. The van der Waals surface area contributed by atoms with Gasteiger partial charge in [0.15, 0.2) is 0 Å². The quantitative estimate of drug-likeness (QED) is 0.297. The number of hydrogen-bond acceptors (Lipinski definition) is 4. The molecule has 0 radical (unpaired) electrons. The number of hydrogen-bond donors (Lipinski definition) is 2. The summed E-state index contributed by atoms with van der Waals surface area (Å²) in [6.45, 7) is 3.94. The maximum atomic E-state index is 12.9. The number of alkyl halides is 3. The Balaban J connectivity index is 1.50. The van der Waals surface area contributed by atoms with Crippen molar-refractivity contribution >= 4 is 28.2 Å². The molecule has 2 N–H and O–H groups in total. The molecule has 2 heterocycles. The van der Waals surface area contributed by atoms with Crippen molar-refractivity contribution in [1.29, 1.82) is 0 Å². The van der Waals surface area contributed by atoms with Gasteiger partial charge in [-0.2, -0.15) is 13.2 Å². The fourth-order valence-corrected chi connectivity index (χ4v) is 4.86. The number of rotatable bonds is 8. The van der Waals surface area contributed by atoms with Crippen molar-refractivity contribution < 1.29 is 27.8 Å². The van der Waals surface area contributed by atoms with Crippen molar-refractivity contribution in [2.45, 2.75) is 45.4 Å². The van der Waals surface area contributed by atoms with Crippen LogP contribution in [0.1, 0.15) is 35.5 Å². The number of aromatic nitrogens is 2. The second-order valence-electron chi connectivity index (χ2n) is 8.04. The number of carbonyl (C=O) groups is 1. The van der Waals surface area contributed by atoms with E-state index in [9.17, 15) is 18.0 Å². The van der Waals surface area contributed by atoms with Crippen LogP contribution in [-0.2, 0) is 30.2 Å². The lowest BCUT2D eigenvalue weighted by Crippen LogP contribution is -2.16. The molecule has 0 spiro atoms. The number of nitrogens with zero attached hydrogens (tertiary/aromatic N) is 1. The van der Waals surface area contributed by atoms with E-state index in [0.29, 0.717) is 28.3 Å². The number of carboxylic acids is 1. The molecule has 0 saturated heterocycles. The van der Waals surface area contributed by atoms with Crippen LogP contribution < -0.4 is 4.74 Å². The minimum atomic E-state index is -4.37. The Morgan fingerprint density at radius 3 is 2.59 bits per heavy atom. The molecule has 2 aromatic carbocycles. The van der Waals surface area contributed by atoms with Gasteiger partial charge in [-0.05, 0) is 49.2 Å². The van der Waals surface area contributed by atoms with E-state index < -0.39 is 17.7 Å². The second-order valence-corrected chi connectivity index (χ2v) is 9.13. The number of ether oxygens (including phenoxy) is 1. The van der Waals surface area contributed by atoms with Gasteiger partial charge in [0.2, 0.25) is 0 Å². The normalized spacial score (nSPS) is 12.7. The monoisotopic (exact) mass is 488 g/mol. The van der Waals surface area contributed by atoms with Gasteiger partial charge in [-0.25, -0.2) is 4.98 Å². The first-order valence-electron chi connectivity index (χ1n) is 10.8. The van der Waals surface area contributed by atoms with Crippen molar-refractivity contribution in [2.24, 2.45) is 0 Å². The fourth-order valence-electron chi connectivity index (χ4n) is 3.83. The maximum Gasteiger partial charge on any atom is 0.416 e. The molecule has 1 unspecified atom stereocenters. The van der Waals surface area contributed by atoms with Gasteiger partial charge in [-0.1, -0.05) is 19.1 Å². The summed E-state index contributed by atoms with van der Waals surface area (Å²) in [5.41, 5.74) is 2.36. The summed E-state index contributed by atoms with van der Waals surface area (Å²) in [6, 6.07) is 10.6. The Kier molecular flexibility index (Phi) is 6.65. The zero-order valence-electron chi connectivity index (χ0n) is 18.6. The summed E-state index contributed by atoms with van der Waals surface area (Å²) in [6.07, 6.45) is -1.68. The average molecular weight is 489 g/mol. The molecule has 0 aliphatic rings. The summed E-state index contributed by atoms with van der Waals surface area (Å²) in [4.78, 5) is 19.9. The summed E-state index contributed by atoms with van der Waals surface area (Å²) >= 11 is 1.48. The number of H-pyrrole nitrogens is 1. The van der Waals surface area contributed by atoms with E-state index in [1.54, 1.807) is 6.20 Å². The van der Waals surface area contributed by atoms with Crippen molar-refractivity contribution in [2.75, 3.05) is 0 Å². The van der Waals surface area contributed by atoms with Crippen LogP contribution >= 0.6 is 11.3 Å². The number of carboxylic acid groups (broad SMARTS) is 1. The topological polar surface area (TPSA) is 75.2 Å². The van der Waals surface area contributed by atoms with E-state index in [4.69, 9.17) is 14.8 Å². The van der Waals surface area contributed by atoms with Crippen LogP contribution in [0.25, 0.3) is 21.5 Å². The van der Waals surface area contributed by atoms with Gasteiger partial charge in [0, 0.05) is 34.0 Å². The number of aryl methyl sites for hydroxylation is 1. The highest BCUT2D eigenvalue weighted by Crippen LogP contribution is 2.34. The van der Waals surface area contributed by atoms with Crippen molar-refractivity contribution in [3.63, 3.8) is 0 Å². The molecule has 4 rings (SSSR count). The first-order chi connectivity index (χ1) is 16.1. The highest BCUT2D eigenvalue weighted by molar-refractivity contribution is 7.15. The standard InChI is InChI=1S/C25H23F3N2O3S/c1-3-22-21(30-24(34-22)15-4-6-17(7-5-15)25(26,27)28)10-14(2)33-18-8-9-20-19(12-18)16(13-29-20)11-23(31)32/h4-9,12-14,29H,3,10-11H2,1-2H3,(H,31,32). The molecule has 4 aromatic rings. The lowest BCUT2D eigenvalue weighted by atomic mass is 10.1. The minimum Gasteiger partial charge on any atom is -0.490 e. The molecule has 2 aromatic heterocycles. The third-order valence-electron chi connectivity index (χ3n) is 5.46. The number of benzene rings is 2. The molecule has 0 aliphatic carbocycles. The summed E-state index contributed by atoms with van der Waals surface area (Å²) in [5, 5.41) is 10.6. The third kappa shape index (κ3) is 5.25. The molecule has 0 fully saturated rings. The van der Waals surface area contributed by atoms with Crippen molar-refractivity contribution in [3.8, 4) is 16.3 Å². The smallest absolute Gasteiger partial charge is 0.416 e. The third-order valence-corrected chi connectivity index (χ3v) is 6.75. The van der Waals surface area contributed by atoms with Gasteiger partial charge in [-0.15, -0.1) is 11.3 Å². The first kappa shape index (κ1) is 23.8. The summed E-state index contributed by atoms with van der Waals surface area (Å²) in [7, 11) is 0. The van der Waals surface area contributed by atoms with Gasteiger partial charge >= 0.3 is 12.1 Å². The highest BCUT2D eigenvalue weighted by atomic mass is 32.1. The largest absolute Gasteiger partial charge is 0.490 e. The van der Waals surface area contributed by atoms with Crippen LogP contribution in [0.15, 0.2) is 48.7 Å². The van der Waals surface area contributed by atoms with E-state index in [2.05, 4.69) is 4.98 Å². The number of halogens is 3. The lowest BCUT2D eigenvalue weighted by Gasteiger charge is -2.14. The van der Waals surface area contributed by atoms with Crippen molar-refractivity contribution in [1.82, 2.24) is 9.97 Å². The number of aliphatic carboxylic acids is 1. The Labute approximate surface area is 198 Å². The first-order valence-corrected chi connectivity index (χ1v) is 11.6. The predicted molar refractivity (Wildman–Crippen MR) is 125 cm³/mol. The predicted octanol–water partition coefficient (Wildman–Crippen LogP) is 6.51. The van der Waals surface area contributed by atoms with E-state index >= 15 is 0 Å². The van der Waals surface area contributed by atoms with Gasteiger partial charge in [0.05, 0.1) is 17.7 Å². The van der Waals surface area contributed by atoms with Crippen LogP contribution in [0, 0.1) is 0 Å². The number of fused-ring (bicyclic) bond motifs is 1. The molecule has 34 heavy (non-hydrogen) atoms. The van der Waals surface area contributed by atoms with Crippen LogP contribution in [0.2, 0.25) is 0 Å².